The molecule has 0 amide bonds. The Morgan fingerprint density at radius 2 is 2.42 bits per heavy atom. The highest BCUT2D eigenvalue weighted by Gasteiger charge is 2.10. The van der Waals surface area contributed by atoms with Gasteiger partial charge in [0.15, 0.2) is 0 Å². The van der Waals surface area contributed by atoms with Gasteiger partial charge in [-0.15, -0.1) is 11.6 Å². The van der Waals surface area contributed by atoms with E-state index in [-0.39, 0.29) is 11.7 Å². The molecule has 6 heteroatoms. The lowest BCUT2D eigenvalue weighted by molar-refractivity contribution is -0.389. The summed E-state index contributed by atoms with van der Waals surface area (Å²) in [7, 11) is 0. The van der Waals surface area contributed by atoms with Crippen LogP contribution < -0.4 is 0 Å². The summed E-state index contributed by atoms with van der Waals surface area (Å²) in [4.78, 5) is 13.3. The number of pyridine rings is 1. The fourth-order valence-corrected chi connectivity index (χ4v) is 1.47. The van der Waals surface area contributed by atoms with Crippen molar-refractivity contribution in [3.63, 3.8) is 0 Å². The first-order valence-electron chi connectivity index (χ1n) is 3.00. The largest absolute Gasteiger partial charge is 0.364 e. The molecule has 0 saturated carbocycles. The molecule has 0 unspecified atom stereocenters. The van der Waals surface area contributed by atoms with Crippen molar-refractivity contribution in [2.24, 2.45) is 0 Å². The third-order valence-electron chi connectivity index (χ3n) is 1.25. The van der Waals surface area contributed by atoms with E-state index in [4.69, 9.17) is 11.6 Å². The van der Waals surface area contributed by atoms with Gasteiger partial charge in [0, 0.05) is 10.0 Å². The van der Waals surface area contributed by atoms with E-state index in [0.717, 1.165) is 5.56 Å². The second-order valence-corrected chi connectivity index (χ2v) is 3.15. The van der Waals surface area contributed by atoms with E-state index >= 15 is 0 Å². The zero-order valence-electron chi connectivity index (χ0n) is 5.83. The van der Waals surface area contributed by atoms with Crippen LogP contribution in [0.1, 0.15) is 5.56 Å². The summed E-state index contributed by atoms with van der Waals surface area (Å²) in [6.45, 7) is 0. The molecule has 0 aromatic carbocycles. The standard InChI is InChI=1S/C6H4BrClN2O2/c7-5-1-6(10(11)12)9-3-4(5)2-8/h1,3H,2H2. The average Bonchev–Trinajstić information content (AvgIpc) is 2.04. The third kappa shape index (κ3) is 1.92. The lowest BCUT2D eigenvalue weighted by Crippen LogP contribution is -1.93. The van der Waals surface area contributed by atoms with E-state index in [9.17, 15) is 10.1 Å². The topological polar surface area (TPSA) is 56.0 Å². The molecular weight excluding hydrogens is 247 g/mol. The van der Waals surface area contributed by atoms with Crippen molar-refractivity contribution >= 4 is 33.3 Å². The van der Waals surface area contributed by atoms with E-state index in [2.05, 4.69) is 20.9 Å². The monoisotopic (exact) mass is 250 g/mol. The number of nitro groups is 1. The second-order valence-electron chi connectivity index (χ2n) is 2.02. The first kappa shape index (κ1) is 9.41. The Kier molecular flexibility index (Phi) is 2.99. The minimum Gasteiger partial charge on any atom is -0.358 e. The zero-order chi connectivity index (χ0) is 9.14. The normalized spacial score (nSPS) is 9.83. The predicted octanol–water partition coefficient (Wildman–Crippen LogP) is 2.49. The first-order valence-corrected chi connectivity index (χ1v) is 4.32. The van der Waals surface area contributed by atoms with Crippen LogP contribution in [-0.2, 0) is 5.88 Å². The van der Waals surface area contributed by atoms with E-state index in [1.807, 2.05) is 0 Å². The van der Waals surface area contributed by atoms with Gasteiger partial charge in [0.05, 0.1) is 11.9 Å². The third-order valence-corrected chi connectivity index (χ3v) is 2.27. The van der Waals surface area contributed by atoms with Crippen LogP contribution in [-0.4, -0.2) is 9.91 Å². The van der Waals surface area contributed by atoms with Crippen molar-refractivity contribution in [2.45, 2.75) is 5.88 Å². The number of rotatable bonds is 2. The van der Waals surface area contributed by atoms with Crippen molar-refractivity contribution in [3.05, 3.63) is 32.4 Å². The molecule has 0 fully saturated rings. The molecule has 0 spiro atoms. The van der Waals surface area contributed by atoms with Gasteiger partial charge >= 0.3 is 5.82 Å². The maximum Gasteiger partial charge on any atom is 0.364 e. The van der Waals surface area contributed by atoms with Crippen molar-refractivity contribution in [3.8, 4) is 0 Å². The number of hydrogen-bond acceptors (Lipinski definition) is 3. The van der Waals surface area contributed by atoms with Gasteiger partial charge < -0.3 is 10.1 Å². The van der Waals surface area contributed by atoms with Crippen LogP contribution in [0.25, 0.3) is 0 Å². The zero-order valence-corrected chi connectivity index (χ0v) is 8.17. The summed E-state index contributed by atoms with van der Waals surface area (Å²) < 4.78 is 0.610. The molecule has 1 aromatic rings. The summed E-state index contributed by atoms with van der Waals surface area (Å²) in [5, 5.41) is 10.2. The number of nitrogens with zero attached hydrogens (tertiary/aromatic N) is 2. The van der Waals surface area contributed by atoms with Crippen LogP contribution in [0.4, 0.5) is 5.82 Å². The molecule has 64 valence electrons. The average molecular weight is 251 g/mol. The summed E-state index contributed by atoms with van der Waals surface area (Å²) in [5.41, 5.74) is 0.738. The quantitative estimate of drug-likeness (QED) is 0.461. The summed E-state index contributed by atoms with van der Waals surface area (Å²) in [6.07, 6.45) is 1.38. The van der Waals surface area contributed by atoms with E-state index in [1.165, 1.54) is 12.3 Å². The van der Waals surface area contributed by atoms with Gasteiger partial charge in [-0.3, -0.25) is 0 Å². The highest BCUT2D eigenvalue weighted by molar-refractivity contribution is 9.10. The maximum absolute atomic E-state index is 10.2. The van der Waals surface area contributed by atoms with Crippen LogP contribution in [0.5, 0.6) is 0 Å². The Balaban J connectivity index is 3.10. The molecule has 0 radical (unpaired) electrons. The Morgan fingerprint density at radius 1 is 1.75 bits per heavy atom. The molecule has 12 heavy (non-hydrogen) atoms. The minimum atomic E-state index is -0.553. The lowest BCUT2D eigenvalue weighted by Gasteiger charge is -1.96. The van der Waals surface area contributed by atoms with Gasteiger partial charge in [-0.2, -0.15) is 0 Å². The van der Waals surface area contributed by atoms with Gasteiger partial charge in [0.25, 0.3) is 0 Å². The van der Waals surface area contributed by atoms with Crippen LogP contribution in [0.15, 0.2) is 16.7 Å². The molecule has 0 bridgehead atoms. The molecule has 1 rings (SSSR count). The number of halogens is 2. The molecule has 1 aromatic heterocycles. The van der Waals surface area contributed by atoms with Gasteiger partial charge in [-0.1, -0.05) is 15.9 Å². The van der Waals surface area contributed by atoms with Gasteiger partial charge in [0.1, 0.15) is 6.20 Å². The van der Waals surface area contributed by atoms with Crippen molar-refractivity contribution in [1.82, 2.24) is 4.98 Å². The molecule has 0 saturated heterocycles. The molecule has 0 atom stereocenters. The van der Waals surface area contributed by atoms with Crippen molar-refractivity contribution in [2.75, 3.05) is 0 Å². The Morgan fingerprint density at radius 3 is 2.83 bits per heavy atom. The van der Waals surface area contributed by atoms with E-state index in [1.54, 1.807) is 0 Å². The molecule has 1 heterocycles. The molecule has 0 aliphatic heterocycles. The van der Waals surface area contributed by atoms with Crippen molar-refractivity contribution in [1.29, 1.82) is 0 Å². The number of alkyl halides is 1. The van der Waals surface area contributed by atoms with Crippen LogP contribution >= 0.6 is 27.5 Å². The summed E-state index contributed by atoms with van der Waals surface area (Å²) in [6, 6.07) is 1.33. The van der Waals surface area contributed by atoms with Gasteiger partial charge in [-0.05, 0) is 9.91 Å². The Bertz CT molecular complexity index is 318. The molecule has 0 aliphatic carbocycles. The van der Waals surface area contributed by atoms with Gasteiger partial charge in [-0.25, -0.2) is 0 Å². The summed E-state index contributed by atoms with van der Waals surface area (Å²) in [5.74, 6) is 0.0988. The SMILES string of the molecule is O=[N+]([O-])c1cc(Br)c(CCl)cn1. The summed E-state index contributed by atoms with van der Waals surface area (Å²) >= 11 is 8.67. The van der Waals surface area contributed by atoms with E-state index < -0.39 is 4.92 Å². The highest BCUT2D eigenvalue weighted by Crippen LogP contribution is 2.21. The van der Waals surface area contributed by atoms with Crippen LogP contribution in [0, 0.1) is 10.1 Å². The number of hydrogen-bond donors (Lipinski definition) is 0. The second kappa shape index (κ2) is 3.82. The lowest BCUT2D eigenvalue weighted by atomic mass is 10.3. The fourth-order valence-electron chi connectivity index (χ4n) is 0.647. The van der Waals surface area contributed by atoms with Crippen LogP contribution in [0.3, 0.4) is 0 Å². The Labute approximate surface area is 81.8 Å². The smallest absolute Gasteiger partial charge is 0.358 e. The number of aromatic nitrogens is 1. The minimum absolute atomic E-state index is 0.184. The van der Waals surface area contributed by atoms with Crippen LogP contribution in [0.2, 0.25) is 0 Å². The van der Waals surface area contributed by atoms with Crippen molar-refractivity contribution < 1.29 is 4.92 Å². The van der Waals surface area contributed by atoms with E-state index in [0.29, 0.717) is 4.47 Å². The Hall–Kier alpha value is -0.680. The molecule has 0 N–H and O–H groups in total. The highest BCUT2D eigenvalue weighted by atomic mass is 79.9. The van der Waals surface area contributed by atoms with Gasteiger partial charge in [0.2, 0.25) is 0 Å². The fraction of sp³-hybridized carbons (Fsp3) is 0.167. The molecular formula is C6H4BrClN2O2. The molecule has 0 aliphatic rings. The predicted molar refractivity (Wildman–Crippen MR) is 48.1 cm³/mol. The first-order chi connectivity index (χ1) is 5.65. The maximum atomic E-state index is 10.2. The molecule has 4 nitrogen and oxygen atoms in total.